The molecular weight excluding hydrogens is 260 g/mol. The Bertz CT molecular complexity index is 512. The van der Waals surface area contributed by atoms with Crippen molar-refractivity contribution in [3.63, 3.8) is 0 Å². The van der Waals surface area contributed by atoms with Crippen molar-refractivity contribution in [1.82, 2.24) is 14.9 Å². The van der Waals surface area contributed by atoms with Crippen molar-refractivity contribution in [1.29, 1.82) is 0 Å². The molecule has 0 spiro atoms. The maximum Gasteiger partial charge on any atom is 0.343 e. The van der Waals surface area contributed by atoms with E-state index in [0.717, 1.165) is 19.3 Å². The van der Waals surface area contributed by atoms with Crippen LogP contribution in [0.1, 0.15) is 38.4 Å². The molecule has 110 valence electrons. The third kappa shape index (κ3) is 3.15. The van der Waals surface area contributed by atoms with Gasteiger partial charge in [-0.25, -0.2) is 9.55 Å². The van der Waals surface area contributed by atoms with Gasteiger partial charge in [0.05, 0.1) is 0 Å². The predicted molar refractivity (Wildman–Crippen MR) is 73.2 cm³/mol. The normalized spacial score (nSPS) is 22.5. The average Bonchev–Trinajstić information content (AvgIpc) is 2.74. The molecule has 20 heavy (non-hydrogen) atoms. The molecule has 0 radical (unpaired) electrons. The van der Waals surface area contributed by atoms with E-state index in [0.29, 0.717) is 11.7 Å². The Labute approximate surface area is 117 Å². The highest BCUT2D eigenvalue weighted by atomic mass is 16.6. The molecule has 0 saturated heterocycles. The van der Waals surface area contributed by atoms with Gasteiger partial charge in [-0.15, -0.1) is 0 Å². The van der Waals surface area contributed by atoms with Crippen molar-refractivity contribution in [2.45, 2.75) is 52.1 Å². The molecule has 0 unspecified atom stereocenters. The number of nitrogens with one attached hydrogen (secondary N) is 1. The van der Waals surface area contributed by atoms with Gasteiger partial charge in [-0.2, -0.15) is 0 Å². The van der Waals surface area contributed by atoms with Gasteiger partial charge in [-0.1, -0.05) is 19.8 Å². The minimum Gasteiger partial charge on any atom is -0.358 e. The second kappa shape index (κ2) is 6.02. The number of rotatable bonds is 4. The highest BCUT2D eigenvalue weighted by Crippen LogP contribution is 2.23. The zero-order valence-electron chi connectivity index (χ0n) is 11.8. The zero-order valence-corrected chi connectivity index (χ0v) is 11.8. The minimum absolute atomic E-state index is 0.0502. The maximum absolute atomic E-state index is 12.1. The topological polar surface area (TPSA) is 90.1 Å². The summed E-state index contributed by atoms with van der Waals surface area (Å²) >= 11 is 0. The molecule has 0 aromatic carbocycles. The fourth-order valence-corrected chi connectivity index (χ4v) is 2.72. The lowest BCUT2D eigenvalue weighted by Crippen LogP contribution is -2.42. The van der Waals surface area contributed by atoms with Gasteiger partial charge in [-0.05, 0) is 23.7 Å². The molecule has 1 aromatic heterocycles. The van der Waals surface area contributed by atoms with E-state index in [2.05, 4.69) is 17.2 Å². The largest absolute Gasteiger partial charge is 0.358 e. The quantitative estimate of drug-likeness (QED) is 0.672. The summed E-state index contributed by atoms with van der Waals surface area (Å²) in [6.07, 6.45) is 5.62. The van der Waals surface area contributed by atoms with E-state index < -0.39 is 4.92 Å². The number of carbonyl (C=O) groups is 1. The third-order valence-corrected chi connectivity index (χ3v) is 3.98. The Morgan fingerprint density at radius 2 is 2.25 bits per heavy atom. The van der Waals surface area contributed by atoms with Crippen LogP contribution in [0.3, 0.4) is 0 Å². The molecule has 1 amide bonds. The lowest BCUT2D eigenvalue weighted by Gasteiger charge is -2.29. The highest BCUT2D eigenvalue weighted by Gasteiger charge is 2.25. The Balaban J connectivity index is 2.01. The summed E-state index contributed by atoms with van der Waals surface area (Å²) in [6, 6.07) is 0.180. The van der Waals surface area contributed by atoms with Crippen LogP contribution in [0.4, 0.5) is 5.82 Å². The zero-order chi connectivity index (χ0) is 14.7. The average molecular weight is 280 g/mol. The van der Waals surface area contributed by atoms with Gasteiger partial charge in [0.1, 0.15) is 6.20 Å². The van der Waals surface area contributed by atoms with Gasteiger partial charge in [-0.3, -0.25) is 4.79 Å². The van der Waals surface area contributed by atoms with E-state index in [4.69, 9.17) is 0 Å². The summed E-state index contributed by atoms with van der Waals surface area (Å²) in [5, 5.41) is 13.9. The van der Waals surface area contributed by atoms with Crippen molar-refractivity contribution in [3.05, 3.63) is 22.1 Å². The van der Waals surface area contributed by atoms with Crippen LogP contribution >= 0.6 is 0 Å². The van der Waals surface area contributed by atoms with Crippen molar-refractivity contribution in [2.24, 2.45) is 5.92 Å². The molecule has 7 heteroatoms. The molecule has 1 fully saturated rings. The Morgan fingerprint density at radius 3 is 2.90 bits per heavy atom. The molecule has 1 aliphatic carbocycles. The van der Waals surface area contributed by atoms with Crippen LogP contribution in [0.2, 0.25) is 0 Å². The van der Waals surface area contributed by atoms with Crippen LogP contribution in [0.15, 0.2) is 6.20 Å². The summed E-state index contributed by atoms with van der Waals surface area (Å²) in [4.78, 5) is 26.3. The van der Waals surface area contributed by atoms with E-state index in [-0.39, 0.29) is 24.3 Å². The number of hydrogen-bond acceptors (Lipinski definition) is 4. The number of amides is 1. The second-order valence-electron chi connectivity index (χ2n) is 5.44. The Kier molecular flexibility index (Phi) is 4.36. The molecule has 7 nitrogen and oxygen atoms in total. The van der Waals surface area contributed by atoms with Gasteiger partial charge in [0.15, 0.2) is 12.4 Å². The molecule has 1 N–H and O–H groups in total. The van der Waals surface area contributed by atoms with Crippen molar-refractivity contribution in [2.75, 3.05) is 0 Å². The molecule has 1 heterocycles. The maximum atomic E-state index is 12.1. The molecular formula is C13H20N4O3. The number of aromatic nitrogens is 2. The second-order valence-corrected chi connectivity index (χ2v) is 5.44. The summed E-state index contributed by atoms with van der Waals surface area (Å²) in [5.74, 6) is 0.609. The first-order valence-corrected chi connectivity index (χ1v) is 6.95. The number of aryl methyl sites for hydroxylation is 1. The van der Waals surface area contributed by atoms with Crippen molar-refractivity contribution < 1.29 is 9.72 Å². The van der Waals surface area contributed by atoms with Crippen LogP contribution < -0.4 is 5.32 Å². The third-order valence-electron chi connectivity index (χ3n) is 3.98. The fraction of sp³-hybridized carbons (Fsp3) is 0.692. The first kappa shape index (κ1) is 14.5. The number of nitrogens with zero attached hydrogens (tertiary/aromatic N) is 3. The monoisotopic (exact) mass is 280 g/mol. The smallest absolute Gasteiger partial charge is 0.343 e. The lowest BCUT2D eigenvalue weighted by atomic mass is 9.86. The van der Waals surface area contributed by atoms with Gasteiger partial charge in [0.2, 0.25) is 0 Å². The Hall–Kier alpha value is -1.92. The molecule has 1 saturated carbocycles. The fourth-order valence-electron chi connectivity index (χ4n) is 2.72. The number of carbonyl (C=O) groups excluding carboxylic acids is 1. The molecule has 1 aliphatic rings. The van der Waals surface area contributed by atoms with Crippen LogP contribution in [-0.4, -0.2) is 26.4 Å². The van der Waals surface area contributed by atoms with Crippen LogP contribution in [-0.2, 0) is 11.3 Å². The number of hydrogen-bond donors (Lipinski definition) is 1. The van der Waals surface area contributed by atoms with Gasteiger partial charge < -0.3 is 15.4 Å². The SMILES string of the molecule is Cc1ncc([N+](=O)[O-])n1CC(=O)N[C@@H]1CCCC[C@@H]1C. The van der Waals surface area contributed by atoms with Gasteiger partial charge >= 0.3 is 5.82 Å². The van der Waals surface area contributed by atoms with E-state index in [1.165, 1.54) is 17.2 Å². The summed E-state index contributed by atoms with van der Waals surface area (Å²) < 4.78 is 1.34. The van der Waals surface area contributed by atoms with Crippen LogP contribution in [0.25, 0.3) is 0 Å². The molecule has 1 aromatic rings. The van der Waals surface area contributed by atoms with E-state index in [9.17, 15) is 14.9 Å². The predicted octanol–water partition coefficient (Wildman–Crippen LogP) is 1.79. The molecule has 2 atom stereocenters. The van der Waals surface area contributed by atoms with Crippen molar-refractivity contribution in [3.8, 4) is 0 Å². The van der Waals surface area contributed by atoms with Crippen LogP contribution in [0.5, 0.6) is 0 Å². The first-order chi connectivity index (χ1) is 9.49. The standard InChI is InChI=1S/C13H20N4O3/c1-9-5-3-4-6-11(9)15-12(18)8-16-10(2)14-7-13(16)17(19)20/h7,9,11H,3-6,8H2,1-2H3,(H,15,18)/t9-,11+/m0/s1. The lowest BCUT2D eigenvalue weighted by molar-refractivity contribution is -0.392. The summed E-state index contributed by atoms with van der Waals surface area (Å²) in [5.41, 5.74) is 0. The molecule has 0 aliphatic heterocycles. The van der Waals surface area contributed by atoms with Crippen molar-refractivity contribution >= 4 is 11.7 Å². The number of nitro groups is 1. The number of imidazole rings is 1. The molecule has 0 bridgehead atoms. The summed E-state index contributed by atoms with van der Waals surface area (Å²) in [7, 11) is 0. The summed E-state index contributed by atoms with van der Waals surface area (Å²) in [6.45, 7) is 3.74. The first-order valence-electron chi connectivity index (χ1n) is 6.95. The minimum atomic E-state index is -0.517. The highest BCUT2D eigenvalue weighted by molar-refractivity contribution is 5.76. The van der Waals surface area contributed by atoms with Crippen LogP contribution in [0, 0.1) is 23.0 Å². The van der Waals surface area contributed by atoms with E-state index in [1.54, 1.807) is 6.92 Å². The molecule has 2 rings (SSSR count). The van der Waals surface area contributed by atoms with E-state index in [1.807, 2.05) is 0 Å². The van der Waals surface area contributed by atoms with Gasteiger partial charge in [0.25, 0.3) is 5.91 Å². The van der Waals surface area contributed by atoms with Gasteiger partial charge in [0, 0.05) is 13.0 Å². The van der Waals surface area contributed by atoms with E-state index >= 15 is 0 Å². The Morgan fingerprint density at radius 1 is 1.55 bits per heavy atom.